The summed E-state index contributed by atoms with van der Waals surface area (Å²) in [5, 5.41) is 0. The molecule has 0 aliphatic rings. The molecular weight excluding hydrogens is 196 g/mol. The highest BCUT2D eigenvalue weighted by Gasteiger charge is 2.13. The Morgan fingerprint density at radius 3 is 2.00 bits per heavy atom. The monoisotopic (exact) mass is 218 g/mol. The van der Waals surface area contributed by atoms with Gasteiger partial charge in [-0.3, -0.25) is 0 Å². The Hall–Kier alpha value is -0.770. The molecule has 0 spiro atoms. The van der Waals surface area contributed by atoms with Gasteiger partial charge >= 0.3 is 6.16 Å². The Bertz CT molecular complexity index is 162. The molecule has 0 bridgehead atoms. The average molecular weight is 218 g/mol. The van der Waals surface area contributed by atoms with E-state index in [4.69, 9.17) is 14.2 Å². The first kappa shape index (κ1) is 14.2. The second-order valence-corrected chi connectivity index (χ2v) is 3.38. The average Bonchev–Trinajstić information content (AvgIpc) is 2.27. The van der Waals surface area contributed by atoms with Crippen LogP contribution in [0, 0.1) is 0 Å². The lowest BCUT2D eigenvalue weighted by molar-refractivity contribution is -0.0153. The molecule has 0 rings (SSSR count). The first-order chi connectivity index (χ1) is 7.17. The molecule has 0 aromatic heterocycles. The number of methoxy groups -OCH3 is 1. The molecule has 0 aromatic carbocycles. The number of carbonyl (C=O) groups is 1. The summed E-state index contributed by atoms with van der Waals surface area (Å²) >= 11 is 0. The lowest BCUT2D eigenvalue weighted by atomic mass is 10.2. The Balaban J connectivity index is 3.73. The van der Waals surface area contributed by atoms with Gasteiger partial charge in [0.2, 0.25) is 0 Å². The zero-order valence-electron chi connectivity index (χ0n) is 10.1. The number of ether oxygens (including phenoxy) is 3. The largest absolute Gasteiger partial charge is 0.508 e. The minimum absolute atomic E-state index is 0.0416. The molecule has 0 aromatic rings. The van der Waals surface area contributed by atoms with Crippen molar-refractivity contribution in [2.24, 2.45) is 0 Å². The summed E-state index contributed by atoms with van der Waals surface area (Å²) in [6.45, 7) is 6.19. The third kappa shape index (κ3) is 6.33. The molecular formula is C11H22O4. The van der Waals surface area contributed by atoms with Gasteiger partial charge < -0.3 is 14.2 Å². The van der Waals surface area contributed by atoms with Crippen LogP contribution >= 0.6 is 0 Å². The smallest absolute Gasteiger partial charge is 0.432 e. The van der Waals surface area contributed by atoms with E-state index in [-0.39, 0.29) is 18.8 Å². The zero-order valence-corrected chi connectivity index (χ0v) is 10.1. The Morgan fingerprint density at radius 2 is 1.60 bits per heavy atom. The number of hydrogen-bond donors (Lipinski definition) is 0. The van der Waals surface area contributed by atoms with Crippen LogP contribution in [0.15, 0.2) is 0 Å². The van der Waals surface area contributed by atoms with E-state index in [0.29, 0.717) is 0 Å². The first-order valence-electron chi connectivity index (χ1n) is 5.54. The van der Waals surface area contributed by atoms with E-state index in [9.17, 15) is 4.79 Å². The van der Waals surface area contributed by atoms with Crippen molar-refractivity contribution in [3.05, 3.63) is 0 Å². The van der Waals surface area contributed by atoms with Gasteiger partial charge in [-0.1, -0.05) is 20.8 Å². The van der Waals surface area contributed by atoms with E-state index in [0.717, 1.165) is 19.3 Å². The summed E-state index contributed by atoms with van der Waals surface area (Å²) in [5.74, 6) is 0. The van der Waals surface area contributed by atoms with Gasteiger partial charge in [0.05, 0.1) is 6.10 Å². The van der Waals surface area contributed by atoms with Crippen molar-refractivity contribution in [2.45, 2.75) is 52.2 Å². The van der Waals surface area contributed by atoms with Crippen molar-refractivity contribution in [3.8, 4) is 0 Å². The maximum absolute atomic E-state index is 11.2. The molecule has 0 radical (unpaired) electrons. The van der Waals surface area contributed by atoms with Crippen molar-refractivity contribution in [1.82, 2.24) is 0 Å². The summed E-state index contributed by atoms with van der Waals surface area (Å²) in [7, 11) is 1.60. The van der Waals surface area contributed by atoms with Gasteiger partial charge in [0.15, 0.2) is 0 Å². The van der Waals surface area contributed by atoms with Crippen LogP contribution in [0.2, 0.25) is 0 Å². The summed E-state index contributed by atoms with van der Waals surface area (Å²) in [6.07, 6.45) is 1.76. The van der Waals surface area contributed by atoms with Crippen LogP contribution in [0.1, 0.15) is 40.0 Å². The van der Waals surface area contributed by atoms with Crippen LogP contribution in [0.3, 0.4) is 0 Å². The molecule has 0 aliphatic carbocycles. The topological polar surface area (TPSA) is 44.8 Å². The van der Waals surface area contributed by atoms with Crippen LogP contribution in [-0.4, -0.2) is 32.1 Å². The van der Waals surface area contributed by atoms with E-state index in [1.165, 1.54) is 0 Å². The molecule has 0 saturated heterocycles. The van der Waals surface area contributed by atoms with E-state index >= 15 is 0 Å². The van der Waals surface area contributed by atoms with Gasteiger partial charge in [0, 0.05) is 7.11 Å². The predicted octanol–water partition coefficient (Wildman–Crippen LogP) is 2.75. The third-order valence-corrected chi connectivity index (χ3v) is 2.35. The Labute approximate surface area is 91.9 Å². The second-order valence-electron chi connectivity index (χ2n) is 3.38. The Morgan fingerprint density at radius 1 is 1.07 bits per heavy atom. The summed E-state index contributed by atoms with van der Waals surface area (Å²) < 4.78 is 15.1. The van der Waals surface area contributed by atoms with Crippen LogP contribution in [0.5, 0.6) is 0 Å². The number of carbonyl (C=O) groups excluding carboxylic acids is 1. The lowest BCUT2D eigenvalue weighted by Crippen LogP contribution is -2.23. The van der Waals surface area contributed by atoms with Crippen molar-refractivity contribution < 1.29 is 19.0 Å². The van der Waals surface area contributed by atoms with Crippen LogP contribution in [-0.2, 0) is 14.2 Å². The third-order valence-electron chi connectivity index (χ3n) is 2.35. The zero-order chi connectivity index (χ0) is 11.7. The van der Waals surface area contributed by atoms with Crippen molar-refractivity contribution in [1.29, 1.82) is 0 Å². The molecule has 90 valence electrons. The fraction of sp³-hybridized carbons (Fsp3) is 0.909. The minimum atomic E-state index is -0.598. The van der Waals surface area contributed by atoms with Crippen LogP contribution in [0.25, 0.3) is 0 Å². The minimum Gasteiger partial charge on any atom is -0.432 e. The summed E-state index contributed by atoms with van der Waals surface area (Å²) in [6, 6.07) is 0. The molecule has 0 aliphatic heterocycles. The van der Waals surface area contributed by atoms with Gasteiger partial charge in [-0.2, -0.15) is 0 Å². The standard InChI is InChI=1S/C11H22O4/c1-5-9(6-2)15-11(12)14-8-10(7-3)13-4/h9-10H,5-8H2,1-4H3. The molecule has 0 saturated carbocycles. The normalized spacial score (nSPS) is 12.6. The molecule has 0 heterocycles. The van der Waals surface area contributed by atoms with E-state index in [1.807, 2.05) is 20.8 Å². The molecule has 0 N–H and O–H groups in total. The van der Waals surface area contributed by atoms with E-state index < -0.39 is 6.16 Å². The van der Waals surface area contributed by atoms with Crippen LogP contribution in [0.4, 0.5) is 4.79 Å². The fourth-order valence-electron chi connectivity index (χ4n) is 1.14. The maximum Gasteiger partial charge on any atom is 0.508 e. The van der Waals surface area contributed by atoms with Crippen molar-refractivity contribution >= 4 is 6.16 Å². The highest BCUT2D eigenvalue weighted by molar-refractivity contribution is 5.60. The maximum atomic E-state index is 11.2. The van der Waals surface area contributed by atoms with Gasteiger partial charge in [-0.25, -0.2) is 4.79 Å². The first-order valence-corrected chi connectivity index (χ1v) is 5.54. The van der Waals surface area contributed by atoms with E-state index in [2.05, 4.69) is 0 Å². The highest BCUT2D eigenvalue weighted by atomic mass is 16.7. The Kier molecular flexibility index (Phi) is 8.09. The SMILES string of the molecule is CCC(COC(=O)OC(CC)CC)OC. The van der Waals surface area contributed by atoms with Gasteiger partial charge in [0.25, 0.3) is 0 Å². The van der Waals surface area contributed by atoms with Gasteiger partial charge in [-0.15, -0.1) is 0 Å². The van der Waals surface area contributed by atoms with Gasteiger partial charge in [-0.05, 0) is 19.3 Å². The van der Waals surface area contributed by atoms with Crippen LogP contribution < -0.4 is 0 Å². The molecule has 0 fully saturated rings. The molecule has 4 nitrogen and oxygen atoms in total. The number of rotatable bonds is 7. The van der Waals surface area contributed by atoms with Crippen molar-refractivity contribution in [3.63, 3.8) is 0 Å². The molecule has 4 heteroatoms. The fourth-order valence-corrected chi connectivity index (χ4v) is 1.14. The second kappa shape index (κ2) is 8.53. The van der Waals surface area contributed by atoms with Crippen molar-refractivity contribution in [2.75, 3.05) is 13.7 Å². The highest BCUT2D eigenvalue weighted by Crippen LogP contribution is 2.05. The molecule has 15 heavy (non-hydrogen) atoms. The summed E-state index contributed by atoms with van der Waals surface area (Å²) in [5.41, 5.74) is 0. The van der Waals surface area contributed by atoms with Gasteiger partial charge in [0.1, 0.15) is 12.7 Å². The summed E-state index contributed by atoms with van der Waals surface area (Å²) in [4.78, 5) is 11.2. The quantitative estimate of drug-likeness (QED) is 0.616. The molecule has 1 atom stereocenters. The molecule has 0 amide bonds. The lowest BCUT2D eigenvalue weighted by Gasteiger charge is -2.16. The number of hydrogen-bond acceptors (Lipinski definition) is 4. The van der Waals surface area contributed by atoms with E-state index in [1.54, 1.807) is 7.11 Å². The molecule has 1 unspecified atom stereocenters. The predicted molar refractivity (Wildman–Crippen MR) is 57.9 cm³/mol.